The summed E-state index contributed by atoms with van der Waals surface area (Å²) < 4.78 is 9.94. The molecule has 0 heterocycles. The third kappa shape index (κ3) is 7.47. The molecule has 0 spiro atoms. The lowest BCUT2D eigenvalue weighted by atomic mass is 9.69. The minimum atomic E-state index is -1.08. The molecule has 0 saturated carbocycles. The van der Waals surface area contributed by atoms with Gasteiger partial charge in [-0.25, -0.2) is 9.59 Å². The highest BCUT2D eigenvalue weighted by Crippen LogP contribution is 2.39. The van der Waals surface area contributed by atoms with E-state index in [0.717, 1.165) is 12.8 Å². The molecule has 0 fully saturated rings. The first-order valence-corrected chi connectivity index (χ1v) is 9.66. The average Bonchev–Trinajstić information content (AvgIpc) is 2.62. The fraction of sp³-hybridized carbons (Fsp3) is 0.565. The molecule has 28 heavy (non-hydrogen) atoms. The van der Waals surface area contributed by atoms with Gasteiger partial charge in [0, 0.05) is 5.57 Å². The molecule has 0 radical (unpaired) electrons. The SMILES string of the molecule is C=C(C)C(=O)OCC(O)COC(=O)c1ccc(C(C)(CC)CC(C)(C)C)cc1. The molecule has 2 unspecified atom stereocenters. The van der Waals surface area contributed by atoms with Crippen LogP contribution >= 0.6 is 0 Å². The summed E-state index contributed by atoms with van der Waals surface area (Å²) >= 11 is 0. The van der Waals surface area contributed by atoms with Crippen LogP contribution in [-0.4, -0.2) is 36.4 Å². The third-order valence-electron chi connectivity index (χ3n) is 4.68. The molecule has 0 aliphatic carbocycles. The van der Waals surface area contributed by atoms with E-state index in [4.69, 9.17) is 9.47 Å². The topological polar surface area (TPSA) is 72.8 Å². The zero-order chi connectivity index (χ0) is 21.5. The lowest BCUT2D eigenvalue weighted by Crippen LogP contribution is -2.27. The van der Waals surface area contributed by atoms with Crippen molar-refractivity contribution < 1.29 is 24.2 Å². The molecule has 0 saturated heterocycles. The Bertz CT molecular complexity index is 684. The smallest absolute Gasteiger partial charge is 0.338 e. The van der Waals surface area contributed by atoms with Crippen molar-refractivity contribution in [2.75, 3.05) is 13.2 Å². The molecule has 1 rings (SSSR count). The number of rotatable bonds is 9. The van der Waals surface area contributed by atoms with Crippen molar-refractivity contribution in [3.63, 3.8) is 0 Å². The van der Waals surface area contributed by atoms with Gasteiger partial charge in [-0.15, -0.1) is 0 Å². The number of aliphatic hydroxyl groups is 1. The molecule has 2 atom stereocenters. The number of hydrogen-bond acceptors (Lipinski definition) is 5. The van der Waals surface area contributed by atoms with E-state index in [0.29, 0.717) is 5.56 Å². The maximum absolute atomic E-state index is 12.2. The van der Waals surface area contributed by atoms with E-state index in [2.05, 4.69) is 41.2 Å². The van der Waals surface area contributed by atoms with E-state index in [1.807, 2.05) is 12.1 Å². The van der Waals surface area contributed by atoms with Gasteiger partial charge in [0.05, 0.1) is 5.56 Å². The molecule has 0 amide bonds. The Labute approximate surface area is 168 Å². The second kappa shape index (κ2) is 9.87. The lowest BCUT2D eigenvalue weighted by Gasteiger charge is -2.35. The second-order valence-corrected chi connectivity index (χ2v) is 8.86. The number of carbonyl (C=O) groups excluding carboxylic acids is 2. The van der Waals surface area contributed by atoms with Crippen LogP contribution in [0.2, 0.25) is 0 Å². The molecule has 0 aliphatic heterocycles. The summed E-state index contributed by atoms with van der Waals surface area (Å²) in [5, 5.41) is 9.78. The van der Waals surface area contributed by atoms with E-state index in [9.17, 15) is 14.7 Å². The third-order valence-corrected chi connectivity index (χ3v) is 4.68. The lowest BCUT2D eigenvalue weighted by molar-refractivity contribution is -0.142. The number of benzene rings is 1. The summed E-state index contributed by atoms with van der Waals surface area (Å²) in [5.41, 5.74) is 2.09. The molecule has 1 aromatic rings. The van der Waals surface area contributed by atoms with Crippen molar-refractivity contribution in [1.29, 1.82) is 0 Å². The van der Waals surface area contributed by atoms with E-state index in [1.165, 1.54) is 12.5 Å². The van der Waals surface area contributed by atoms with Crippen LogP contribution in [0.5, 0.6) is 0 Å². The molecular weight excluding hydrogens is 356 g/mol. The molecule has 1 aromatic carbocycles. The predicted molar refractivity (Wildman–Crippen MR) is 110 cm³/mol. The van der Waals surface area contributed by atoms with Crippen LogP contribution in [0.15, 0.2) is 36.4 Å². The monoisotopic (exact) mass is 390 g/mol. The molecular formula is C23H34O5. The fourth-order valence-corrected chi connectivity index (χ4v) is 3.21. The van der Waals surface area contributed by atoms with Crippen LogP contribution in [0.3, 0.4) is 0 Å². The molecule has 0 aromatic heterocycles. The van der Waals surface area contributed by atoms with Crippen molar-refractivity contribution in [3.8, 4) is 0 Å². The zero-order valence-electron chi connectivity index (χ0n) is 18.0. The normalized spacial score (nSPS) is 14.7. The van der Waals surface area contributed by atoms with Gasteiger partial charge >= 0.3 is 11.9 Å². The predicted octanol–water partition coefficient (Wildman–Crippen LogP) is 4.43. The number of aliphatic hydroxyl groups excluding tert-OH is 1. The highest BCUT2D eigenvalue weighted by Gasteiger charge is 2.30. The van der Waals surface area contributed by atoms with Gasteiger partial charge in [0.2, 0.25) is 0 Å². The van der Waals surface area contributed by atoms with Crippen LogP contribution in [0, 0.1) is 5.41 Å². The maximum Gasteiger partial charge on any atom is 0.338 e. The molecule has 5 heteroatoms. The van der Waals surface area contributed by atoms with Gasteiger partial charge in [0.25, 0.3) is 0 Å². The maximum atomic E-state index is 12.2. The number of carbonyl (C=O) groups is 2. The average molecular weight is 391 g/mol. The van der Waals surface area contributed by atoms with E-state index in [1.54, 1.807) is 12.1 Å². The number of hydrogen-bond donors (Lipinski definition) is 1. The van der Waals surface area contributed by atoms with Crippen LogP contribution < -0.4 is 0 Å². The number of ether oxygens (including phenoxy) is 2. The van der Waals surface area contributed by atoms with Gasteiger partial charge in [-0.1, -0.05) is 53.3 Å². The van der Waals surface area contributed by atoms with Crippen LogP contribution in [-0.2, 0) is 19.7 Å². The van der Waals surface area contributed by atoms with Crippen LogP contribution in [0.4, 0.5) is 0 Å². The summed E-state index contributed by atoms with van der Waals surface area (Å²) in [6.45, 7) is 15.6. The Kier molecular flexibility index (Phi) is 8.43. The van der Waals surface area contributed by atoms with E-state index in [-0.39, 0.29) is 29.6 Å². The van der Waals surface area contributed by atoms with Crippen LogP contribution in [0.1, 0.15) is 70.3 Å². The summed E-state index contributed by atoms with van der Waals surface area (Å²) in [7, 11) is 0. The molecule has 0 aliphatic rings. The highest BCUT2D eigenvalue weighted by atomic mass is 16.6. The molecule has 5 nitrogen and oxygen atoms in total. The largest absolute Gasteiger partial charge is 0.459 e. The van der Waals surface area contributed by atoms with Crippen molar-refractivity contribution in [2.24, 2.45) is 5.41 Å². The first-order valence-electron chi connectivity index (χ1n) is 9.66. The van der Waals surface area contributed by atoms with Gasteiger partial charge in [-0.2, -0.15) is 0 Å². The van der Waals surface area contributed by atoms with Gasteiger partial charge < -0.3 is 14.6 Å². The quantitative estimate of drug-likeness (QED) is 0.499. The fourth-order valence-electron chi connectivity index (χ4n) is 3.21. The standard InChI is InChI=1S/C23H34O5/c1-8-23(7,15-22(4,5)6)18-11-9-17(10-12-18)21(26)28-14-19(24)13-27-20(25)16(2)3/h9-12,19,24H,2,8,13-15H2,1,3-7H3. The molecule has 156 valence electrons. The van der Waals surface area contributed by atoms with Gasteiger partial charge in [0.1, 0.15) is 19.3 Å². The Morgan fingerprint density at radius 2 is 1.61 bits per heavy atom. The summed E-state index contributed by atoms with van der Waals surface area (Å²) in [6.07, 6.45) is 0.958. The Morgan fingerprint density at radius 1 is 1.07 bits per heavy atom. The van der Waals surface area contributed by atoms with Gasteiger partial charge in [-0.05, 0) is 48.3 Å². The molecule has 0 bridgehead atoms. The van der Waals surface area contributed by atoms with Crippen LogP contribution in [0.25, 0.3) is 0 Å². The second-order valence-electron chi connectivity index (χ2n) is 8.86. The van der Waals surface area contributed by atoms with Crippen molar-refractivity contribution >= 4 is 11.9 Å². The van der Waals surface area contributed by atoms with E-state index < -0.39 is 18.0 Å². The summed E-state index contributed by atoms with van der Waals surface area (Å²) in [5.74, 6) is -1.11. The first kappa shape index (κ1) is 23.9. The van der Waals surface area contributed by atoms with Crippen molar-refractivity contribution in [3.05, 3.63) is 47.5 Å². The van der Waals surface area contributed by atoms with Gasteiger partial charge in [0.15, 0.2) is 0 Å². The van der Waals surface area contributed by atoms with Gasteiger partial charge in [-0.3, -0.25) is 0 Å². The Morgan fingerprint density at radius 3 is 2.07 bits per heavy atom. The Hall–Kier alpha value is -2.14. The zero-order valence-corrected chi connectivity index (χ0v) is 18.0. The van der Waals surface area contributed by atoms with Crippen molar-refractivity contribution in [2.45, 2.75) is 65.9 Å². The summed E-state index contributed by atoms with van der Waals surface area (Å²) in [4.78, 5) is 23.5. The highest BCUT2D eigenvalue weighted by molar-refractivity contribution is 5.89. The minimum absolute atomic E-state index is 0.0318. The number of esters is 2. The van der Waals surface area contributed by atoms with Crippen molar-refractivity contribution in [1.82, 2.24) is 0 Å². The summed E-state index contributed by atoms with van der Waals surface area (Å²) in [6, 6.07) is 7.44. The Balaban J connectivity index is 2.66. The molecule has 1 N–H and O–H groups in total. The van der Waals surface area contributed by atoms with E-state index >= 15 is 0 Å². The minimum Gasteiger partial charge on any atom is -0.459 e. The first-order chi connectivity index (χ1) is 12.9.